The summed E-state index contributed by atoms with van der Waals surface area (Å²) in [7, 11) is 0. The van der Waals surface area contributed by atoms with Gasteiger partial charge in [-0.2, -0.15) is 0 Å². The van der Waals surface area contributed by atoms with E-state index in [2.05, 4.69) is 21.2 Å². The minimum absolute atomic E-state index is 0.273. The maximum Gasteiger partial charge on any atom is 0.334 e. The Morgan fingerprint density at radius 2 is 2.15 bits per heavy atom. The molecule has 0 fully saturated rings. The molecule has 0 spiro atoms. The van der Waals surface area contributed by atoms with Crippen LogP contribution in [0, 0.1) is 5.82 Å². The SMILES string of the molecule is CCOC(=O)C(Nc1ccccc1F)c1ccc(Br)s1. The molecule has 1 atom stereocenters. The Labute approximate surface area is 128 Å². The Morgan fingerprint density at radius 1 is 1.40 bits per heavy atom. The molecule has 1 heterocycles. The number of thiophene rings is 1. The average molecular weight is 358 g/mol. The first kappa shape index (κ1) is 15.0. The Balaban J connectivity index is 2.27. The van der Waals surface area contributed by atoms with Crippen molar-refractivity contribution >= 4 is 38.9 Å². The molecule has 0 aliphatic rings. The number of halogens is 2. The lowest BCUT2D eigenvalue weighted by Gasteiger charge is -2.17. The summed E-state index contributed by atoms with van der Waals surface area (Å²) in [5.74, 6) is -0.831. The second-order valence-electron chi connectivity index (χ2n) is 3.95. The lowest BCUT2D eigenvalue weighted by Crippen LogP contribution is -2.23. The van der Waals surface area contributed by atoms with Gasteiger partial charge >= 0.3 is 5.97 Å². The van der Waals surface area contributed by atoms with Crippen molar-refractivity contribution in [2.24, 2.45) is 0 Å². The summed E-state index contributed by atoms with van der Waals surface area (Å²) >= 11 is 4.76. The minimum Gasteiger partial charge on any atom is -0.464 e. The van der Waals surface area contributed by atoms with Gasteiger partial charge in [0.1, 0.15) is 5.82 Å². The fourth-order valence-electron chi connectivity index (χ4n) is 1.69. The molecular formula is C14H13BrFNO2S. The number of carbonyl (C=O) groups excluding carboxylic acids is 1. The van der Waals surface area contributed by atoms with E-state index in [1.54, 1.807) is 25.1 Å². The summed E-state index contributed by atoms with van der Waals surface area (Å²) in [4.78, 5) is 12.8. The monoisotopic (exact) mass is 357 g/mol. The Kier molecular flexibility index (Phi) is 5.14. The first-order chi connectivity index (χ1) is 9.61. The third-order valence-electron chi connectivity index (χ3n) is 2.57. The second kappa shape index (κ2) is 6.85. The summed E-state index contributed by atoms with van der Waals surface area (Å²) in [6, 6.07) is 9.17. The van der Waals surface area contributed by atoms with Gasteiger partial charge in [0, 0.05) is 4.88 Å². The molecule has 1 aromatic carbocycles. The Morgan fingerprint density at radius 3 is 2.75 bits per heavy atom. The van der Waals surface area contributed by atoms with E-state index in [0.717, 1.165) is 8.66 Å². The maximum atomic E-state index is 13.7. The lowest BCUT2D eigenvalue weighted by molar-refractivity contribution is -0.144. The first-order valence-corrected chi connectivity index (χ1v) is 7.65. The molecular weight excluding hydrogens is 345 g/mol. The number of anilines is 1. The third kappa shape index (κ3) is 3.58. The van der Waals surface area contributed by atoms with E-state index >= 15 is 0 Å². The quantitative estimate of drug-likeness (QED) is 0.807. The summed E-state index contributed by atoms with van der Waals surface area (Å²) in [6.07, 6.45) is 0. The third-order valence-corrected chi connectivity index (χ3v) is 4.26. The number of para-hydroxylation sites is 1. The van der Waals surface area contributed by atoms with Crippen molar-refractivity contribution in [2.45, 2.75) is 13.0 Å². The van der Waals surface area contributed by atoms with Crippen molar-refractivity contribution in [3.05, 3.63) is 50.9 Å². The van der Waals surface area contributed by atoms with Gasteiger partial charge in [-0.3, -0.25) is 0 Å². The highest BCUT2D eigenvalue weighted by atomic mass is 79.9. The van der Waals surface area contributed by atoms with Crippen molar-refractivity contribution in [1.82, 2.24) is 0 Å². The molecule has 2 aromatic rings. The predicted octanol–water partition coefficient (Wildman–Crippen LogP) is 4.37. The van der Waals surface area contributed by atoms with Gasteiger partial charge < -0.3 is 10.1 Å². The Hall–Kier alpha value is -1.40. The molecule has 0 aliphatic heterocycles. The van der Waals surface area contributed by atoms with Crippen molar-refractivity contribution in [3.8, 4) is 0 Å². The van der Waals surface area contributed by atoms with E-state index in [4.69, 9.17) is 4.74 Å². The lowest BCUT2D eigenvalue weighted by atomic mass is 10.2. The van der Waals surface area contributed by atoms with Crippen LogP contribution in [-0.4, -0.2) is 12.6 Å². The first-order valence-electron chi connectivity index (χ1n) is 6.04. The van der Waals surface area contributed by atoms with Gasteiger partial charge in [-0.05, 0) is 47.1 Å². The average Bonchev–Trinajstić information content (AvgIpc) is 2.84. The van der Waals surface area contributed by atoms with Crippen LogP contribution in [0.1, 0.15) is 17.8 Å². The van der Waals surface area contributed by atoms with Crippen LogP contribution in [0.4, 0.5) is 10.1 Å². The van der Waals surface area contributed by atoms with Crippen LogP contribution < -0.4 is 5.32 Å². The fourth-order valence-corrected chi connectivity index (χ4v) is 3.15. The number of nitrogens with one attached hydrogen (secondary N) is 1. The van der Waals surface area contributed by atoms with Crippen LogP contribution in [0.3, 0.4) is 0 Å². The van der Waals surface area contributed by atoms with Gasteiger partial charge in [0.2, 0.25) is 0 Å². The van der Waals surface area contributed by atoms with Gasteiger partial charge in [0.05, 0.1) is 16.1 Å². The summed E-state index contributed by atoms with van der Waals surface area (Å²) in [5, 5.41) is 2.90. The van der Waals surface area contributed by atoms with Gasteiger partial charge in [0.25, 0.3) is 0 Å². The molecule has 6 heteroatoms. The van der Waals surface area contributed by atoms with Crippen LogP contribution in [0.15, 0.2) is 40.2 Å². The predicted molar refractivity (Wildman–Crippen MR) is 81.4 cm³/mol. The van der Waals surface area contributed by atoms with E-state index in [0.29, 0.717) is 0 Å². The summed E-state index contributed by atoms with van der Waals surface area (Å²) < 4.78 is 19.6. The van der Waals surface area contributed by atoms with Crippen LogP contribution >= 0.6 is 27.3 Å². The molecule has 1 unspecified atom stereocenters. The van der Waals surface area contributed by atoms with Crippen LogP contribution in [-0.2, 0) is 9.53 Å². The standard InChI is InChI=1S/C14H13BrFNO2S/c1-2-19-14(18)13(11-7-8-12(15)20-11)17-10-6-4-3-5-9(10)16/h3-8,13,17H,2H2,1H3. The highest BCUT2D eigenvalue weighted by Crippen LogP contribution is 2.31. The van der Waals surface area contributed by atoms with E-state index in [1.165, 1.54) is 17.4 Å². The van der Waals surface area contributed by atoms with Crippen molar-refractivity contribution in [1.29, 1.82) is 0 Å². The fraction of sp³-hybridized carbons (Fsp3) is 0.214. The van der Waals surface area contributed by atoms with Gasteiger partial charge in [-0.1, -0.05) is 12.1 Å². The molecule has 0 saturated carbocycles. The number of hydrogen-bond donors (Lipinski definition) is 1. The van der Waals surface area contributed by atoms with Crippen molar-refractivity contribution in [2.75, 3.05) is 11.9 Å². The molecule has 106 valence electrons. The molecule has 0 aliphatic carbocycles. The molecule has 0 bridgehead atoms. The number of hydrogen-bond acceptors (Lipinski definition) is 4. The number of ether oxygens (including phenoxy) is 1. The Bertz CT molecular complexity index is 602. The normalized spacial score (nSPS) is 11.9. The van der Waals surface area contributed by atoms with E-state index in [-0.39, 0.29) is 12.3 Å². The van der Waals surface area contributed by atoms with Gasteiger partial charge in [-0.25, -0.2) is 9.18 Å². The molecule has 1 N–H and O–H groups in total. The molecule has 0 saturated heterocycles. The molecule has 20 heavy (non-hydrogen) atoms. The van der Waals surface area contributed by atoms with Crippen molar-refractivity contribution < 1.29 is 13.9 Å². The smallest absolute Gasteiger partial charge is 0.334 e. The topological polar surface area (TPSA) is 38.3 Å². The zero-order valence-corrected chi connectivity index (χ0v) is 13.1. The summed E-state index contributed by atoms with van der Waals surface area (Å²) in [5.41, 5.74) is 0.273. The van der Waals surface area contributed by atoms with Gasteiger partial charge in [-0.15, -0.1) is 11.3 Å². The zero-order valence-electron chi connectivity index (χ0n) is 10.7. The van der Waals surface area contributed by atoms with Gasteiger partial charge in [0.15, 0.2) is 6.04 Å². The molecule has 2 rings (SSSR count). The highest BCUT2D eigenvalue weighted by Gasteiger charge is 2.24. The number of benzene rings is 1. The van der Waals surface area contributed by atoms with Crippen LogP contribution in [0.2, 0.25) is 0 Å². The highest BCUT2D eigenvalue weighted by molar-refractivity contribution is 9.11. The number of rotatable bonds is 5. The van der Waals surface area contributed by atoms with Crippen LogP contribution in [0.5, 0.6) is 0 Å². The molecule has 3 nitrogen and oxygen atoms in total. The minimum atomic E-state index is -0.719. The summed E-state index contributed by atoms with van der Waals surface area (Å²) in [6.45, 7) is 2.02. The van der Waals surface area contributed by atoms with E-state index in [1.807, 2.05) is 12.1 Å². The van der Waals surface area contributed by atoms with E-state index < -0.39 is 17.8 Å². The number of esters is 1. The van der Waals surface area contributed by atoms with E-state index in [9.17, 15) is 9.18 Å². The molecule has 0 amide bonds. The van der Waals surface area contributed by atoms with Crippen molar-refractivity contribution in [3.63, 3.8) is 0 Å². The largest absolute Gasteiger partial charge is 0.464 e. The molecule has 0 radical (unpaired) electrons. The number of carbonyl (C=O) groups is 1. The van der Waals surface area contributed by atoms with Crippen LogP contribution in [0.25, 0.3) is 0 Å². The second-order valence-corrected chi connectivity index (χ2v) is 6.45. The zero-order chi connectivity index (χ0) is 14.5. The molecule has 1 aromatic heterocycles. The maximum absolute atomic E-state index is 13.7.